The Balaban J connectivity index is 1.39. The van der Waals surface area contributed by atoms with Crippen molar-refractivity contribution >= 4 is 16.9 Å². The summed E-state index contributed by atoms with van der Waals surface area (Å²) in [7, 11) is 0. The van der Waals surface area contributed by atoms with Crippen LogP contribution in [-0.2, 0) is 6.42 Å². The van der Waals surface area contributed by atoms with E-state index in [2.05, 4.69) is 30.4 Å². The van der Waals surface area contributed by atoms with Crippen LogP contribution in [0.4, 0.5) is 5.82 Å². The fourth-order valence-electron chi connectivity index (χ4n) is 2.71. The highest BCUT2D eigenvalue weighted by atomic mass is 16.5. The summed E-state index contributed by atoms with van der Waals surface area (Å²) < 4.78 is 5.24. The third-order valence-electron chi connectivity index (χ3n) is 3.89. The van der Waals surface area contributed by atoms with Crippen molar-refractivity contribution < 1.29 is 4.52 Å². The molecule has 4 rings (SSSR count). The lowest BCUT2D eigenvalue weighted by atomic mass is 10.2. The zero-order chi connectivity index (χ0) is 17.1. The van der Waals surface area contributed by atoms with E-state index in [0.717, 1.165) is 47.6 Å². The number of benzene rings is 1. The molecule has 0 radical (unpaired) electrons. The molecule has 0 fully saturated rings. The molecule has 0 spiro atoms. The first kappa shape index (κ1) is 15.3. The van der Waals surface area contributed by atoms with Crippen LogP contribution in [0.1, 0.15) is 18.1 Å². The SMILES string of the molecule is Cc1noc(-c2cccnc2NCCCc2nc3ccccc3[nH]2)n1. The van der Waals surface area contributed by atoms with Gasteiger partial charge < -0.3 is 14.8 Å². The number of aromatic nitrogens is 5. The van der Waals surface area contributed by atoms with Crippen molar-refractivity contribution in [3.8, 4) is 11.5 Å². The van der Waals surface area contributed by atoms with Gasteiger partial charge in [0.2, 0.25) is 0 Å². The molecule has 1 aromatic carbocycles. The van der Waals surface area contributed by atoms with Gasteiger partial charge >= 0.3 is 0 Å². The largest absolute Gasteiger partial charge is 0.369 e. The number of nitrogens with zero attached hydrogens (tertiary/aromatic N) is 4. The normalized spacial score (nSPS) is 11.1. The maximum absolute atomic E-state index is 5.24. The lowest BCUT2D eigenvalue weighted by Gasteiger charge is -2.07. The summed E-state index contributed by atoms with van der Waals surface area (Å²) in [4.78, 5) is 16.6. The monoisotopic (exact) mass is 334 g/mol. The standard InChI is InChI=1S/C18H18N6O/c1-12-21-18(25-24-12)13-6-4-10-19-17(13)20-11-5-9-16-22-14-7-2-3-8-15(14)23-16/h2-4,6-8,10H,5,9,11H2,1H3,(H,19,20)(H,22,23). The molecule has 0 unspecified atom stereocenters. The van der Waals surface area contributed by atoms with Gasteiger partial charge in [0.25, 0.3) is 5.89 Å². The quantitative estimate of drug-likeness (QED) is 0.525. The van der Waals surface area contributed by atoms with E-state index in [1.54, 1.807) is 13.1 Å². The van der Waals surface area contributed by atoms with Gasteiger partial charge in [0, 0.05) is 19.2 Å². The van der Waals surface area contributed by atoms with E-state index in [-0.39, 0.29) is 0 Å². The smallest absolute Gasteiger partial charge is 0.261 e. The van der Waals surface area contributed by atoms with E-state index < -0.39 is 0 Å². The van der Waals surface area contributed by atoms with Crippen molar-refractivity contribution in [1.82, 2.24) is 25.1 Å². The number of rotatable bonds is 6. The highest BCUT2D eigenvalue weighted by Gasteiger charge is 2.12. The fourth-order valence-corrected chi connectivity index (χ4v) is 2.71. The van der Waals surface area contributed by atoms with Gasteiger partial charge in [-0.25, -0.2) is 9.97 Å². The van der Waals surface area contributed by atoms with Crippen LogP contribution in [0, 0.1) is 6.92 Å². The predicted octanol–water partition coefficient (Wildman–Crippen LogP) is 3.36. The van der Waals surface area contributed by atoms with Gasteiger partial charge in [0.05, 0.1) is 16.6 Å². The van der Waals surface area contributed by atoms with Crippen molar-refractivity contribution in [1.29, 1.82) is 0 Å². The number of para-hydroxylation sites is 2. The van der Waals surface area contributed by atoms with Gasteiger partial charge in [0.1, 0.15) is 11.6 Å². The Kier molecular flexibility index (Phi) is 4.12. The predicted molar refractivity (Wildman–Crippen MR) is 95.2 cm³/mol. The second-order valence-corrected chi connectivity index (χ2v) is 5.78. The number of anilines is 1. The van der Waals surface area contributed by atoms with Crippen molar-refractivity contribution in [3.63, 3.8) is 0 Å². The number of aryl methyl sites for hydroxylation is 2. The van der Waals surface area contributed by atoms with Crippen LogP contribution in [-0.4, -0.2) is 31.6 Å². The average molecular weight is 334 g/mol. The zero-order valence-corrected chi connectivity index (χ0v) is 13.9. The summed E-state index contributed by atoms with van der Waals surface area (Å²) in [5.74, 6) is 2.83. The lowest BCUT2D eigenvalue weighted by molar-refractivity contribution is 0.425. The van der Waals surface area contributed by atoms with Crippen LogP contribution in [0.3, 0.4) is 0 Å². The molecule has 0 atom stereocenters. The number of hydrogen-bond acceptors (Lipinski definition) is 6. The van der Waals surface area contributed by atoms with Crippen molar-refractivity contribution in [2.45, 2.75) is 19.8 Å². The van der Waals surface area contributed by atoms with Crippen molar-refractivity contribution in [2.75, 3.05) is 11.9 Å². The third kappa shape index (κ3) is 3.35. The van der Waals surface area contributed by atoms with Crippen LogP contribution in [0.25, 0.3) is 22.5 Å². The molecular weight excluding hydrogens is 316 g/mol. The van der Waals surface area contributed by atoms with Gasteiger partial charge in [-0.2, -0.15) is 4.98 Å². The second-order valence-electron chi connectivity index (χ2n) is 5.78. The number of hydrogen-bond donors (Lipinski definition) is 2. The van der Waals surface area contributed by atoms with Gasteiger partial charge in [-0.1, -0.05) is 17.3 Å². The summed E-state index contributed by atoms with van der Waals surface area (Å²) >= 11 is 0. The van der Waals surface area contributed by atoms with Gasteiger partial charge in [-0.05, 0) is 37.6 Å². The Morgan fingerprint density at radius 3 is 2.88 bits per heavy atom. The summed E-state index contributed by atoms with van der Waals surface area (Å²) in [5, 5.41) is 7.18. The summed E-state index contributed by atoms with van der Waals surface area (Å²) in [5.41, 5.74) is 2.89. The van der Waals surface area contributed by atoms with Crippen LogP contribution in [0.5, 0.6) is 0 Å². The molecule has 7 heteroatoms. The summed E-state index contributed by atoms with van der Waals surface area (Å²) in [6.07, 6.45) is 3.54. The van der Waals surface area contributed by atoms with Crippen molar-refractivity contribution in [2.24, 2.45) is 0 Å². The number of aromatic amines is 1. The Morgan fingerprint density at radius 2 is 2.04 bits per heavy atom. The van der Waals surface area contributed by atoms with Crippen LogP contribution >= 0.6 is 0 Å². The summed E-state index contributed by atoms with van der Waals surface area (Å²) in [6.45, 7) is 2.57. The molecule has 0 aliphatic rings. The Morgan fingerprint density at radius 1 is 1.12 bits per heavy atom. The molecule has 126 valence electrons. The maximum Gasteiger partial charge on any atom is 0.261 e. The molecule has 3 heterocycles. The minimum absolute atomic E-state index is 0.477. The van der Waals surface area contributed by atoms with E-state index >= 15 is 0 Å². The molecule has 25 heavy (non-hydrogen) atoms. The molecule has 7 nitrogen and oxygen atoms in total. The molecule has 0 saturated heterocycles. The first-order valence-corrected chi connectivity index (χ1v) is 8.23. The minimum atomic E-state index is 0.477. The third-order valence-corrected chi connectivity index (χ3v) is 3.89. The number of fused-ring (bicyclic) bond motifs is 1. The number of imidazole rings is 1. The van der Waals surface area contributed by atoms with E-state index in [1.165, 1.54) is 0 Å². The van der Waals surface area contributed by atoms with E-state index in [4.69, 9.17) is 4.52 Å². The molecule has 0 amide bonds. The van der Waals surface area contributed by atoms with Gasteiger partial charge in [0.15, 0.2) is 5.82 Å². The van der Waals surface area contributed by atoms with E-state index in [0.29, 0.717) is 11.7 Å². The highest BCUT2D eigenvalue weighted by Crippen LogP contribution is 2.24. The molecule has 3 aromatic heterocycles. The van der Waals surface area contributed by atoms with E-state index in [9.17, 15) is 0 Å². The van der Waals surface area contributed by atoms with Crippen molar-refractivity contribution in [3.05, 3.63) is 54.2 Å². The topological polar surface area (TPSA) is 92.5 Å². The van der Waals surface area contributed by atoms with Gasteiger partial charge in [-0.15, -0.1) is 0 Å². The van der Waals surface area contributed by atoms with Gasteiger partial charge in [-0.3, -0.25) is 0 Å². The number of nitrogens with one attached hydrogen (secondary N) is 2. The van der Waals surface area contributed by atoms with Crippen LogP contribution < -0.4 is 5.32 Å². The fraction of sp³-hybridized carbons (Fsp3) is 0.222. The van der Waals surface area contributed by atoms with Crippen LogP contribution in [0.2, 0.25) is 0 Å². The molecule has 0 saturated carbocycles. The molecule has 4 aromatic rings. The minimum Gasteiger partial charge on any atom is -0.369 e. The zero-order valence-electron chi connectivity index (χ0n) is 13.9. The second kappa shape index (κ2) is 6.72. The molecule has 0 aliphatic heterocycles. The summed E-state index contributed by atoms with van der Waals surface area (Å²) in [6, 6.07) is 11.8. The average Bonchev–Trinajstić information content (AvgIpc) is 3.24. The Bertz CT molecular complexity index is 957. The van der Waals surface area contributed by atoms with E-state index in [1.807, 2.05) is 36.4 Å². The first-order chi connectivity index (χ1) is 12.3. The lowest BCUT2D eigenvalue weighted by Crippen LogP contribution is -2.06. The number of pyridine rings is 1. The molecule has 0 bridgehead atoms. The van der Waals surface area contributed by atoms with Crippen LogP contribution in [0.15, 0.2) is 47.1 Å². The maximum atomic E-state index is 5.24. The molecule has 0 aliphatic carbocycles. The molecule has 2 N–H and O–H groups in total. The molecular formula is C18H18N6O. The highest BCUT2D eigenvalue weighted by molar-refractivity contribution is 5.74. The Hall–Kier alpha value is -3.22. The number of H-pyrrole nitrogens is 1. The first-order valence-electron chi connectivity index (χ1n) is 8.23. The Labute approximate surface area is 144 Å².